The Labute approximate surface area is 121 Å². The van der Waals surface area contributed by atoms with Crippen molar-refractivity contribution in [3.8, 4) is 0 Å². The minimum atomic E-state index is -0.0918. The number of likely N-dealkylation sites (tertiary alicyclic amines) is 1. The summed E-state index contributed by atoms with van der Waals surface area (Å²) in [4.78, 5) is 4.63. The molecule has 1 heterocycles. The normalized spacial score (nSPS) is 23.7. The molecule has 0 bridgehead atoms. The zero-order valence-electron chi connectivity index (χ0n) is 13.0. The van der Waals surface area contributed by atoms with Crippen LogP contribution in [0.4, 0.5) is 4.39 Å². The van der Waals surface area contributed by atoms with E-state index >= 15 is 0 Å². The summed E-state index contributed by atoms with van der Waals surface area (Å²) in [6.45, 7) is 5.82. The van der Waals surface area contributed by atoms with Gasteiger partial charge in [0.25, 0.3) is 0 Å². The highest BCUT2D eigenvalue weighted by Crippen LogP contribution is 2.23. The fourth-order valence-corrected chi connectivity index (χ4v) is 3.15. The van der Waals surface area contributed by atoms with Gasteiger partial charge in [-0.1, -0.05) is 19.1 Å². The lowest BCUT2D eigenvalue weighted by Gasteiger charge is -2.22. The minimum absolute atomic E-state index is 0.0918. The van der Waals surface area contributed by atoms with E-state index in [-0.39, 0.29) is 5.82 Å². The molecule has 1 aromatic carbocycles. The molecule has 0 amide bonds. The molecule has 0 aromatic heterocycles. The summed E-state index contributed by atoms with van der Waals surface area (Å²) in [5, 5.41) is 3.11. The summed E-state index contributed by atoms with van der Waals surface area (Å²) in [6.07, 6.45) is 0. The molecule has 0 saturated carbocycles. The quantitative estimate of drug-likeness (QED) is 0.888. The number of benzene rings is 1. The van der Waals surface area contributed by atoms with Crippen molar-refractivity contribution >= 4 is 0 Å². The Morgan fingerprint density at radius 3 is 2.70 bits per heavy atom. The van der Waals surface area contributed by atoms with Crippen LogP contribution in [-0.4, -0.2) is 50.1 Å². The molecule has 1 fully saturated rings. The topological polar surface area (TPSA) is 18.5 Å². The highest BCUT2D eigenvalue weighted by atomic mass is 19.1. The molecule has 1 aliphatic heterocycles. The average molecular weight is 279 g/mol. The van der Waals surface area contributed by atoms with Gasteiger partial charge in [-0.2, -0.15) is 0 Å². The van der Waals surface area contributed by atoms with Crippen molar-refractivity contribution in [1.82, 2.24) is 15.1 Å². The number of hydrogen-bond donors (Lipinski definition) is 1. The van der Waals surface area contributed by atoms with Gasteiger partial charge in [0.05, 0.1) is 0 Å². The van der Waals surface area contributed by atoms with E-state index in [4.69, 9.17) is 0 Å². The molecular weight excluding hydrogens is 253 g/mol. The van der Waals surface area contributed by atoms with Crippen LogP contribution in [0.15, 0.2) is 18.2 Å². The van der Waals surface area contributed by atoms with Crippen LogP contribution in [0.5, 0.6) is 0 Å². The van der Waals surface area contributed by atoms with Crippen molar-refractivity contribution in [3.63, 3.8) is 0 Å². The first kappa shape index (κ1) is 15.4. The van der Waals surface area contributed by atoms with E-state index in [9.17, 15) is 4.39 Å². The lowest BCUT2D eigenvalue weighted by atomic mass is 10.1. The van der Waals surface area contributed by atoms with Crippen LogP contribution in [-0.2, 0) is 13.1 Å². The molecule has 112 valence electrons. The van der Waals surface area contributed by atoms with Crippen molar-refractivity contribution in [2.45, 2.75) is 26.1 Å². The number of nitrogens with zero attached hydrogens (tertiary/aromatic N) is 2. The van der Waals surface area contributed by atoms with Crippen molar-refractivity contribution in [3.05, 3.63) is 35.1 Å². The zero-order valence-corrected chi connectivity index (χ0v) is 13.0. The van der Waals surface area contributed by atoms with Crippen LogP contribution in [0.2, 0.25) is 0 Å². The molecule has 1 saturated heterocycles. The highest BCUT2D eigenvalue weighted by Gasteiger charge is 2.31. The number of hydrogen-bond acceptors (Lipinski definition) is 3. The van der Waals surface area contributed by atoms with Gasteiger partial charge in [0, 0.05) is 37.8 Å². The van der Waals surface area contributed by atoms with Gasteiger partial charge in [-0.15, -0.1) is 0 Å². The smallest absolute Gasteiger partial charge is 0.127 e. The van der Waals surface area contributed by atoms with Gasteiger partial charge in [-0.05, 0) is 38.7 Å². The second kappa shape index (κ2) is 6.66. The van der Waals surface area contributed by atoms with Crippen LogP contribution in [0.25, 0.3) is 0 Å². The molecule has 1 aromatic rings. The third kappa shape index (κ3) is 3.57. The Morgan fingerprint density at radius 1 is 1.35 bits per heavy atom. The lowest BCUT2D eigenvalue weighted by Crippen LogP contribution is -2.34. The third-order valence-corrected chi connectivity index (χ3v) is 4.20. The molecule has 0 radical (unpaired) electrons. The van der Waals surface area contributed by atoms with Crippen molar-refractivity contribution in [1.29, 1.82) is 0 Å². The summed E-state index contributed by atoms with van der Waals surface area (Å²) in [6, 6.07) is 5.99. The van der Waals surface area contributed by atoms with E-state index in [1.807, 2.05) is 19.2 Å². The van der Waals surface area contributed by atoms with Crippen LogP contribution < -0.4 is 5.32 Å². The SMILES string of the molecule is CNCc1ccc(F)c(CN2CC(C)C(N(C)C)C2)c1. The van der Waals surface area contributed by atoms with Crippen molar-refractivity contribution in [2.24, 2.45) is 5.92 Å². The van der Waals surface area contributed by atoms with E-state index in [1.54, 1.807) is 6.07 Å². The van der Waals surface area contributed by atoms with Crippen molar-refractivity contribution < 1.29 is 4.39 Å². The molecule has 0 spiro atoms. The van der Waals surface area contributed by atoms with E-state index in [2.05, 4.69) is 36.1 Å². The monoisotopic (exact) mass is 279 g/mol. The molecule has 2 rings (SSSR count). The molecule has 0 aliphatic carbocycles. The molecule has 2 unspecified atom stereocenters. The van der Waals surface area contributed by atoms with E-state index in [0.29, 0.717) is 18.5 Å². The number of rotatable bonds is 5. The first-order valence-electron chi connectivity index (χ1n) is 7.32. The zero-order chi connectivity index (χ0) is 14.7. The molecule has 3 nitrogen and oxygen atoms in total. The average Bonchev–Trinajstić information content (AvgIpc) is 2.75. The second-order valence-corrected chi connectivity index (χ2v) is 6.16. The highest BCUT2D eigenvalue weighted by molar-refractivity contribution is 5.25. The summed E-state index contributed by atoms with van der Waals surface area (Å²) in [5.41, 5.74) is 1.95. The van der Waals surface area contributed by atoms with Gasteiger partial charge in [-0.25, -0.2) is 4.39 Å². The van der Waals surface area contributed by atoms with Crippen LogP contribution >= 0.6 is 0 Å². The predicted molar refractivity (Wildman–Crippen MR) is 81.1 cm³/mol. The summed E-state index contributed by atoms with van der Waals surface area (Å²) >= 11 is 0. The van der Waals surface area contributed by atoms with Gasteiger partial charge < -0.3 is 10.2 Å². The Balaban J connectivity index is 2.05. The summed E-state index contributed by atoms with van der Waals surface area (Å²) in [5.74, 6) is 0.541. The Bertz CT molecular complexity index is 447. The molecular formula is C16H26FN3. The molecule has 1 aliphatic rings. The van der Waals surface area contributed by atoms with Crippen LogP contribution in [0, 0.1) is 11.7 Å². The fraction of sp³-hybridized carbons (Fsp3) is 0.625. The number of likely N-dealkylation sites (N-methyl/N-ethyl adjacent to an activating group) is 1. The molecule has 20 heavy (non-hydrogen) atoms. The maximum absolute atomic E-state index is 14.0. The molecule has 2 atom stereocenters. The van der Waals surface area contributed by atoms with E-state index in [0.717, 1.165) is 30.8 Å². The summed E-state index contributed by atoms with van der Waals surface area (Å²) in [7, 11) is 6.16. The lowest BCUT2D eigenvalue weighted by molar-refractivity contribution is 0.249. The minimum Gasteiger partial charge on any atom is -0.316 e. The molecule has 1 N–H and O–H groups in total. The number of nitrogens with one attached hydrogen (secondary N) is 1. The first-order chi connectivity index (χ1) is 9.51. The van der Waals surface area contributed by atoms with Gasteiger partial charge in [0.2, 0.25) is 0 Å². The van der Waals surface area contributed by atoms with E-state index in [1.165, 1.54) is 0 Å². The van der Waals surface area contributed by atoms with Crippen LogP contribution in [0.1, 0.15) is 18.1 Å². The second-order valence-electron chi connectivity index (χ2n) is 6.16. The van der Waals surface area contributed by atoms with Gasteiger partial charge >= 0.3 is 0 Å². The van der Waals surface area contributed by atoms with E-state index < -0.39 is 0 Å². The van der Waals surface area contributed by atoms with Crippen LogP contribution in [0.3, 0.4) is 0 Å². The maximum atomic E-state index is 14.0. The van der Waals surface area contributed by atoms with Gasteiger partial charge in [0.1, 0.15) is 5.82 Å². The standard InChI is InChI=1S/C16H26FN3/c1-12-9-20(11-16(12)19(3)4)10-14-7-13(8-18-2)5-6-15(14)17/h5-7,12,16,18H,8-11H2,1-4H3. The fourth-order valence-electron chi connectivity index (χ4n) is 3.15. The summed E-state index contributed by atoms with van der Waals surface area (Å²) < 4.78 is 14.0. The number of halogens is 1. The van der Waals surface area contributed by atoms with Gasteiger partial charge in [-0.3, -0.25) is 4.90 Å². The first-order valence-corrected chi connectivity index (χ1v) is 7.32. The molecule has 4 heteroatoms. The third-order valence-electron chi connectivity index (χ3n) is 4.20. The predicted octanol–water partition coefficient (Wildman–Crippen LogP) is 1.93. The Hall–Kier alpha value is -0.970. The largest absolute Gasteiger partial charge is 0.316 e. The van der Waals surface area contributed by atoms with Gasteiger partial charge in [0.15, 0.2) is 0 Å². The Morgan fingerprint density at radius 2 is 2.10 bits per heavy atom. The van der Waals surface area contributed by atoms with Crippen molar-refractivity contribution in [2.75, 3.05) is 34.2 Å². The Kier molecular flexibility index (Phi) is 5.13. The maximum Gasteiger partial charge on any atom is 0.127 e.